The maximum atomic E-state index is 14.7. The Morgan fingerprint density at radius 1 is 0.918 bits per heavy atom. The monoisotopic (exact) mass is 985 g/mol. The number of H-pyrrole nitrogens is 1. The van der Waals surface area contributed by atoms with Crippen molar-refractivity contribution >= 4 is 22.9 Å². The number of nitrogens with one attached hydrogen (secondary N) is 2. The van der Waals surface area contributed by atoms with Crippen molar-refractivity contribution in [2.75, 3.05) is 51.5 Å². The number of hydrogen-bond donors (Lipinski definition) is 6. The topological polar surface area (TPSA) is 170 Å². The first-order valence-corrected chi connectivity index (χ1v) is 26.0. The molecule has 1 spiro atoms. The average molecular weight is 986 g/mol. The molecule has 380 valence electrons. The Kier molecular flexibility index (Phi) is 15.1. The van der Waals surface area contributed by atoms with E-state index in [2.05, 4.69) is 70.7 Å². The quantitative estimate of drug-likeness (QED) is 0.0730. The zero-order valence-electron chi connectivity index (χ0n) is 41.9. The van der Waals surface area contributed by atoms with Crippen molar-refractivity contribution < 1.29 is 39.1 Å². The van der Waals surface area contributed by atoms with Gasteiger partial charge in [-0.2, -0.15) is 0 Å². The van der Waals surface area contributed by atoms with E-state index in [1.54, 1.807) is 30.3 Å². The van der Waals surface area contributed by atoms with E-state index in [-0.39, 0.29) is 83.7 Å². The molecule has 0 amide bonds. The molecule has 2 aromatic heterocycles. The van der Waals surface area contributed by atoms with Gasteiger partial charge >= 0.3 is 0 Å². The van der Waals surface area contributed by atoms with E-state index in [1.807, 2.05) is 36.4 Å². The number of phenolic OH excluding ortho intramolecular Hbond substituents is 1. The molecule has 7 aromatic rings. The van der Waals surface area contributed by atoms with E-state index >= 15 is 0 Å². The molecular weight excluding hydrogens is 919 g/mol. The highest BCUT2D eigenvalue weighted by Gasteiger charge is 2.47. The number of nitrogens with zero attached hydrogens (tertiary/aromatic N) is 1. The summed E-state index contributed by atoms with van der Waals surface area (Å²) in [4.78, 5) is 21.2. The summed E-state index contributed by atoms with van der Waals surface area (Å²) in [6.45, 7) is 4.45. The summed E-state index contributed by atoms with van der Waals surface area (Å²) >= 11 is 0. The van der Waals surface area contributed by atoms with Crippen LogP contribution in [0, 0.1) is 5.92 Å². The lowest BCUT2D eigenvalue weighted by Crippen LogP contribution is -2.60. The minimum absolute atomic E-state index is 0.0204. The molecule has 3 unspecified atom stereocenters. The molecule has 73 heavy (non-hydrogen) atoms. The summed E-state index contributed by atoms with van der Waals surface area (Å²) in [6, 6.07) is 35.4. The number of phenols is 1. The predicted molar refractivity (Wildman–Crippen MR) is 287 cm³/mol. The lowest BCUT2D eigenvalue weighted by molar-refractivity contribution is 0.156. The maximum absolute atomic E-state index is 14.7. The number of benzene rings is 5. The van der Waals surface area contributed by atoms with Gasteiger partial charge in [0.05, 0.1) is 39.1 Å². The first-order chi connectivity index (χ1) is 35.7. The first-order valence-electron chi connectivity index (χ1n) is 26.0. The van der Waals surface area contributed by atoms with Crippen molar-refractivity contribution in [3.05, 3.63) is 165 Å². The number of aromatic hydroxyl groups is 1. The second-order valence-electron chi connectivity index (χ2n) is 20.0. The zero-order valence-corrected chi connectivity index (χ0v) is 41.9. The molecule has 0 radical (unpaired) electrons. The number of rotatable bonds is 11. The molecule has 11 rings (SSSR count). The van der Waals surface area contributed by atoms with Crippen LogP contribution >= 0.6 is 0 Å². The largest absolute Gasteiger partial charge is 0.508 e. The minimum Gasteiger partial charge on any atom is -0.508 e. The molecule has 12 heteroatoms. The molecule has 2 fully saturated rings. The Morgan fingerprint density at radius 2 is 1.74 bits per heavy atom. The van der Waals surface area contributed by atoms with Crippen LogP contribution in [0.2, 0.25) is 0 Å². The highest BCUT2D eigenvalue weighted by molar-refractivity contribution is 5.93. The third kappa shape index (κ3) is 10.3. The molecule has 4 aliphatic rings. The SMILES string of the molecule is CCc1cc2c([nH]1)N1CCNCC1C1(CCCC1)c1ccc(c(CO)c1)CC(CO)COc1c(OC)c(OCCC(O)C=Cc3ccccc3)c3c(=O)cc(-c4ccc(O)cc4)oc3c1CCc1cccc-2c1. The maximum Gasteiger partial charge on any atom is 0.204 e. The van der Waals surface area contributed by atoms with Crippen LogP contribution in [0.15, 0.2) is 124 Å². The van der Waals surface area contributed by atoms with Crippen molar-refractivity contribution in [1.29, 1.82) is 0 Å². The lowest BCUT2D eigenvalue weighted by Gasteiger charge is -2.48. The smallest absolute Gasteiger partial charge is 0.204 e. The van der Waals surface area contributed by atoms with Crippen LogP contribution in [0.4, 0.5) is 5.82 Å². The van der Waals surface area contributed by atoms with Crippen LogP contribution in [0.25, 0.3) is 39.5 Å². The summed E-state index contributed by atoms with van der Waals surface area (Å²) in [5, 5.41) is 47.4. The van der Waals surface area contributed by atoms with E-state index in [0.717, 1.165) is 96.6 Å². The molecule has 1 aliphatic carbocycles. The fraction of sp³-hybridized carbons (Fsp3) is 0.361. The number of aryl methyl sites for hydroxylation is 3. The van der Waals surface area contributed by atoms with Gasteiger partial charge in [-0.25, -0.2) is 0 Å². The van der Waals surface area contributed by atoms with Gasteiger partial charge in [0.2, 0.25) is 5.75 Å². The van der Waals surface area contributed by atoms with Gasteiger partial charge in [-0.1, -0.05) is 105 Å². The fourth-order valence-electron chi connectivity index (χ4n) is 11.6. The van der Waals surface area contributed by atoms with E-state index in [4.69, 9.17) is 18.6 Å². The van der Waals surface area contributed by atoms with Gasteiger partial charge in [-0.3, -0.25) is 4.79 Å². The van der Waals surface area contributed by atoms with E-state index in [0.29, 0.717) is 36.1 Å². The minimum atomic E-state index is -0.851. The number of hydrogen-bond acceptors (Lipinski definition) is 11. The number of aliphatic hydroxyl groups excluding tert-OH is 3. The summed E-state index contributed by atoms with van der Waals surface area (Å²) in [5.74, 6) is 1.72. The molecule has 1 saturated heterocycles. The van der Waals surface area contributed by atoms with Crippen LogP contribution < -0.4 is 29.9 Å². The van der Waals surface area contributed by atoms with Crippen molar-refractivity contribution in [2.45, 2.75) is 88.9 Å². The van der Waals surface area contributed by atoms with Gasteiger partial charge in [0.1, 0.15) is 28.3 Å². The zero-order chi connectivity index (χ0) is 50.5. The number of methoxy groups -OCH3 is 1. The van der Waals surface area contributed by atoms with Gasteiger partial charge in [0.25, 0.3) is 0 Å². The normalized spacial score (nSPS) is 18.3. The average Bonchev–Trinajstić information content (AvgIpc) is 4.11. The van der Waals surface area contributed by atoms with Crippen molar-refractivity contribution in [2.24, 2.45) is 5.92 Å². The predicted octanol–water partition coefficient (Wildman–Crippen LogP) is 9.69. The van der Waals surface area contributed by atoms with Crippen LogP contribution in [0.1, 0.15) is 78.1 Å². The first kappa shape index (κ1) is 49.7. The lowest BCUT2D eigenvalue weighted by atomic mass is 9.70. The molecule has 12 nitrogen and oxygen atoms in total. The number of aromatic nitrogens is 1. The summed E-state index contributed by atoms with van der Waals surface area (Å²) in [5.41, 5.74) is 9.34. The highest BCUT2D eigenvalue weighted by Crippen LogP contribution is 2.50. The number of ether oxygens (including phenoxy) is 3. The second kappa shape index (κ2) is 22.1. The molecule has 1 saturated carbocycles. The van der Waals surface area contributed by atoms with E-state index in [9.17, 15) is 25.2 Å². The van der Waals surface area contributed by atoms with Crippen LogP contribution in [0.5, 0.6) is 23.0 Å². The van der Waals surface area contributed by atoms with Gasteiger partial charge < -0.3 is 54.3 Å². The number of aromatic amines is 1. The Hall–Kier alpha value is -6.83. The standard InChI is InChI=1S/C61H67N3O9/c1-3-47-33-51-44-13-9-12-40(30-44)15-23-50-56-55(52(69)34-53(73-56)42-17-21-48(67)22-18-42)58(71-29-24-49(68)20-14-39-10-5-4-6-11-39)59(70-2)57(50)72-38-41(36-65)31-43-16-19-46(32-45(43)37-66)61(25-7-8-26-61)54-35-62-27-28-64(54)60(51)63-47/h4-6,9-14,16-22,30,32-34,41,49,54,62-63,65-68H,3,7-8,15,23-29,31,35-38H2,1-2H3. The molecular formula is C61H67N3O9. The Labute approximate surface area is 426 Å². The third-order valence-corrected chi connectivity index (χ3v) is 15.4. The second-order valence-corrected chi connectivity index (χ2v) is 20.0. The van der Waals surface area contributed by atoms with Gasteiger partial charge in [-0.05, 0) is 102 Å². The number of aliphatic hydroxyl groups is 3. The Balaban J connectivity index is 1.13. The molecule has 4 bridgehead atoms. The Morgan fingerprint density at radius 3 is 2.51 bits per heavy atom. The van der Waals surface area contributed by atoms with Crippen molar-refractivity contribution in [3.8, 4) is 45.4 Å². The highest BCUT2D eigenvalue weighted by atomic mass is 16.5. The van der Waals surface area contributed by atoms with Gasteiger partial charge in [0, 0.05) is 72.4 Å². The van der Waals surface area contributed by atoms with Crippen LogP contribution in [-0.4, -0.2) is 84.1 Å². The summed E-state index contributed by atoms with van der Waals surface area (Å²) in [6.07, 6.45) is 9.45. The van der Waals surface area contributed by atoms with Gasteiger partial charge in [-0.15, -0.1) is 0 Å². The van der Waals surface area contributed by atoms with E-state index < -0.39 is 12.0 Å². The molecule has 5 aromatic carbocycles. The molecule has 5 heterocycles. The molecule has 3 aliphatic heterocycles. The molecule has 6 N–H and O–H groups in total. The third-order valence-electron chi connectivity index (χ3n) is 15.4. The number of fused-ring (bicyclic) bond motifs is 7. The summed E-state index contributed by atoms with van der Waals surface area (Å²) in [7, 11) is 1.51. The van der Waals surface area contributed by atoms with E-state index in [1.165, 1.54) is 18.7 Å². The number of piperazine rings is 1. The van der Waals surface area contributed by atoms with Crippen molar-refractivity contribution in [3.63, 3.8) is 0 Å². The van der Waals surface area contributed by atoms with Crippen LogP contribution in [0.3, 0.4) is 0 Å². The Bertz CT molecular complexity index is 3120. The van der Waals surface area contributed by atoms with Gasteiger partial charge in [0.15, 0.2) is 16.9 Å². The van der Waals surface area contributed by atoms with Crippen molar-refractivity contribution in [1.82, 2.24) is 10.3 Å². The van der Waals surface area contributed by atoms with Crippen LogP contribution in [-0.2, 0) is 37.7 Å². The fourth-order valence-corrected chi connectivity index (χ4v) is 11.6. The summed E-state index contributed by atoms with van der Waals surface area (Å²) < 4.78 is 26.5. The number of anilines is 1. The molecule has 3 atom stereocenters.